The summed E-state index contributed by atoms with van der Waals surface area (Å²) in [4.78, 5) is 10.9. The summed E-state index contributed by atoms with van der Waals surface area (Å²) in [6.45, 7) is 5.13. The van der Waals surface area contributed by atoms with Gasteiger partial charge in [0.25, 0.3) is 0 Å². The highest BCUT2D eigenvalue weighted by Crippen LogP contribution is 2.21. The zero-order chi connectivity index (χ0) is 12.4. The van der Waals surface area contributed by atoms with Gasteiger partial charge in [-0.25, -0.2) is 0 Å². The van der Waals surface area contributed by atoms with Gasteiger partial charge in [-0.15, -0.1) is 0 Å². The van der Waals surface area contributed by atoms with Gasteiger partial charge in [-0.1, -0.05) is 32.0 Å². The van der Waals surface area contributed by atoms with Gasteiger partial charge in [0.2, 0.25) is 0 Å². The van der Waals surface area contributed by atoms with Crippen LogP contribution in [0.15, 0.2) is 30.3 Å². The molecule has 0 aliphatic heterocycles. The Morgan fingerprint density at radius 1 is 1.35 bits per heavy atom. The first-order valence-electron chi connectivity index (χ1n) is 5.87. The fraction of sp³-hybridized carbons (Fsp3) is 0.357. The van der Waals surface area contributed by atoms with Gasteiger partial charge in [0.05, 0.1) is 6.42 Å². The van der Waals surface area contributed by atoms with Crippen molar-refractivity contribution in [3.05, 3.63) is 36.0 Å². The van der Waals surface area contributed by atoms with Crippen LogP contribution in [0, 0.1) is 5.92 Å². The number of carboxylic acids is 1. The molecule has 0 atom stereocenters. The molecule has 1 N–H and O–H groups in total. The van der Waals surface area contributed by atoms with E-state index in [-0.39, 0.29) is 6.42 Å². The Labute approximate surface area is 101 Å². The van der Waals surface area contributed by atoms with Gasteiger partial charge in [-0.05, 0) is 23.4 Å². The first-order chi connectivity index (χ1) is 8.08. The molecule has 1 aromatic heterocycles. The van der Waals surface area contributed by atoms with Gasteiger partial charge in [0.15, 0.2) is 0 Å². The van der Waals surface area contributed by atoms with E-state index in [2.05, 4.69) is 18.4 Å². The lowest BCUT2D eigenvalue weighted by Gasteiger charge is -2.12. The highest BCUT2D eigenvalue weighted by atomic mass is 16.4. The highest BCUT2D eigenvalue weighted by molar-refractivity contribution is 5.83. The molecule has 0 aliphatic rings. The van der Waals surface area contributed by atoms with Crippen molar-refractivity contribution in [1.29, 1.82) is 0 Å². The largest absolute Gasteiger partial charge is 0.481 e. The molecule has 90 valence electrons. The summed E-state index contributed by atoms with van der Waals surface area (Å²) in [6, 6.07) is 10.0. The quantitative estimate of drug-likeness (QED) is 0.879. The minimum atomic E-state index is -0.780. The molecule has 2 aromatic rings. The van der Waals surface area contributed by atoms with E-state index < -0.39 is 5.97 Å². The van der Waals surface area contributed by atoms with Crippen molar-refractivity contribution in [2.45, 2.75) is 26.8 Å². The normalized spacial score (nSPS) is 11.2. The number of hydrogen-bond donors (Lipinski definition) is 1. The monoisotopic (exact) mass is 231 g/mol. The molecule has 0 amide bonds. The number of carboxylic acid groups (broad SMARTS) is 1. The predicted octanol–water partition coefficient (Wildman–Crippen LogP) is 2.92. The van der Waals surface area contributed by atoms with E-state index in [4.69, 9.17) is 5.11 Å². The van der Waals surface area contributed by atoms with Gasteiger partial charge in [0.1, 0.15) is 0 Å². The molecule has 0 unspecified atom stereocenters. The molecular weight excluding hydrogens is 214 g/mol. The molecule has 1 aromatic carbocycles. The van der Waals surface area contributed by atoms with E-state index >= 15 is 0 Å². The standard InChI is InChI=1S/C14H17NO2/c1-10(2)9-15-12(8-14(16)17)7-11-5-3-4-6-13(11)15/h3-7,10H,8-9H2,1-2H3,(H,16,17). The lowest BCUT2D eigenvalue weighted by molar-refractivity contribution is -0.136. The Bertz CT molecular complexity index is 540. The summed E-state index contributed by atoms with van der Waals surface area (Å²) < 4.78 is 2.12. The number of nitrogens with zero attached hydrogens (tertiary/aromatic N) is 1. The van der Waals surface area contributed by atoms with Crippen LogP contribution < -0.4 is 0 Å². The number of hydrogen-bond acceptors (Lipinski definition) is 1. The number of aliphatic carboxylic acids is 1. The van der Waals surface area contributed by atoms with Crippen molar-refractivity contribution in [1.82, 2.24) is 4.57 Å². The van der Waals surface area contributed by atoms with E-state index in [1.807, 2.05) is 30.3 Å². The van der Waals surface area contributed by atoms with Crippen LogP contribution in [-0.2, 0) is 17.8 Å². The second-order valence-electron chi connectivity index (χ2n) is 4.77. The van der Waals surface area contributed by atoms with Crippen molar-refractivity contribution in [3.8, 4) is 0 Å². The zero-order valence-electron chi connectivity index (χ0n) is 10.2. The Hall–Kier alpha value is -1.77. The van der Waals surface area contributed by atoms with Crippen LogP contribution in [0.5, 0.6) is 0 Å². The highest BCUT2D eigenvalue weighted by Gasteiger charge is 2.12. The Kier molecular flexibility index (Phi) is 3.18. The SMILES string of the molecule is CC(C)Cn1c(CC(=O)O)cc2ccccc21. The number of para-hydroxylation sites is 1. The van der Waals surface area contributed by atoms with Crippen LogP contribution in [0.2, 0.25) is 0 Å². The number of fused-ring (bicyclic) bond motifs is 1. The summed E-state index contributed by atoms with van der Waals surface area (Å²) in [5.74, 6) is -0.281. The maximum absolute atomic E-state index is 10.9. The maximum Gasteiger partial charge on any atom is 0.309 e. The summed E-state index contributed by atoms with van der Waals surface area (Å²) in [5.41, 5.74) is 2.00. The van der Waals surface area contributed by atoms with Crippen LogP contribution in [-0.4, -0.2) is 15.6 Å². The fourth-order valence-corrected chi connectivity index (χ4v) is 2.15. The van der Waals surface area contributed by atoms with Gasteiger partial charge in [-0.3, -0.25) is 4.79 Å². The summed E-state index contributed by atoms with van der Waals surface area (Å²) >= 11 is 0. The Morgan fingerprint density at radius 2 is 2.06 bits per heavy atom. The average Bonchev–Trinajstić information content (AvgIpc) is 2.55. The molecule has 2 rings (SSSR count). The summed E-state index contributed by atoms with van der Waals surface area (Å²) in [6.07, 6.45) is 0.0847. The van der Waals surface area contributed by atoms with E-state index in [0.717, 1.165) is 23.1 Å². The van der Waals surface area contributed by atoms with Crippen LogP contribution in [0.25, 0.3) is 10.9 Å². The number of rotatable bonds is 4. The van der Waals surface area contributed by atoms with Gasteiger partial charge >= 0.3 is 5.97 Å². The van der Waals surface area contributed by atoms with Crippen LogP contribution >= 0.6 is 0 Å². The van der Waals surface area contributed by atoms with Crippen molar-refractivity contribution >= 4 is 16.9 Å². The molecule has 3 nitrogen and oxygen atoms in total. The molecule has 0 saturated heterocycles. The third kappa shape index (κ3) is 2.49. The van der Waals surface area contributed by atoms with Crippen LogP contribution in [0.1, 0.15) is 19.5 Å². The number of carbonyl (C=O) groups is 1. The smallest absolute Gasteiger partial charge is 0.309 e. The van der Waals surface area contributed by atoms with Gasteiger partial charge in [0, 0.05) is 17.8 Å². The first-order valence-corrected chi connectivity index (χ1v) is 5.87. The van der Waals surface area contributed by atoms with Crippen molar-refractivity contribution in [2.24, 2.45) is 5.92 Å². The van der Waals surface area contributed by atoms with Crippen LogP contribution in [0.4, 0.5) is 0 Å². The molecule has 0 aliphatic carbocycles. The third-order valence-electron chi connectivity index (χ3n) is 2.78. The number of aromatic nitrogens is 1. The summed E-state index contributed by atoms with van der Waals surface area (Å²) in [5, 5.41) is 10.1. The lowest BCUT2D eigenvalue weighted by atomic mass is 10.2. The Balaban J connectivity index is 2.52. The van der Waals surface area contributed by atoms with Crippen molar-refractivity contribution in [2.75, 3.05) is 0 Å². The molecule has 3 heteroatoms. The molecule has 17 heavy (non-hydrogen) atoms. The molecule has 1 heterocycles. The van der Waals surface area contributed by atoms with Crippen LogP contribution in [0.3, 0.4) is 0 Å². The molecular formula is C14H17NO2. The van der Waals surface area contributed by atoms with E-state index in [1.54, 1.807) is 0 Å². The lowest BCUT2D eigenvalue weighted by Crippen LogP contribution is -2.11. The van der Waals surface area contributed by atoms with E-state index in [9.17, 15) is 4.79 Å². The summed E-state index contributed by atoms with van der Waals surface area (Å²) in [7, 11) is 0. The topological polar surface area (TPSA) is 42.2 Å². The fourth-order valence-electron chi connectivity index (χ4n) is 2.15. The predicted molar refractivity (Wildman–Crippen MR) is 68.1 cm³/mol. The Morgan fingerprint density at radius 3 is 2.71 bits per heavy atom. The number of benzene rings is 1. The van der Waals surface area contributed by atoms with E-state index in [0.29, 0.717) is 5.92 Å². The molecule has 0 fully saturated rings. The van der Waals surface area contributed by atoms with Gasteiger partial charge in [-0.2, -0.15) is 0 Å². The minimum Gasteiger partial charge on any atom is -0.481 e. The van der Waals surface area contributed by atoms with Crippen molar-refractivity contribution < 1.29 is 9.90 Å². The molecule has 0 saturated carbocycles. The second-order valence-corrected chi connectivity index (χ2v) is 4.77. The maximum atomic E-state index is 10.9. The average molecular weight is 231 g/mol. The first kappa shape index (κ1) is 11.7. The minimum absolute atomic E-state index is 0.0847. The van der Waals surface area contributed by atoms with Crippen molar-refractivity contribution in [3.63, 3.8) is 0 Å². The zero-order valence-corrected chi connectivity index (χ0v) is 10.2. The van der Waals surface area contributed by atoms with Gasteiger partial charge < -0.3 is 9.67 Å². The molecule has 0 spiro atoms. The third-order valence-corrected chi connectivity index (χ3v) is 2.78. The van der Waals surface area contributed by atoms with E-state index in [1.165, 1.54) is 0 Å². The molecule has 0 bridgehead atoms. The second kappa shape index (κ2) is 4.62. The molecule has 0 radical (unpaired) electrons.